The van der Waals surface area contributed by atoms with Crippen LogP contribution in [-0.2, 0) is 18.4 Å². The molecule has 1 aliphatic rings. The van der Waals surface area contributed by atoms with Crippen LogP contribution in [0, 0.1) is 12.8 Å². The normalized spacial score (nSPS) is 14.1. The van der Waals surface area contributed by atoms with Gasteiger partial charge in [0.15, 0.2) is 5.69 Å². The van der Waals surface area contributed by atoms with Gasteiger partial charge in [0.1, 0.15) is 5.82 Å². The molecule has 3 aromatic rings. The SMILES string of the molecule is Cc1ccccc1Cn1cc(NC(=O)c2cc(NC(=O)C3CCCC3)n(C)n2)cn1. The van der Waals surface area contributed by atoms with Crippen molar-refractivity contribution in [3.8, 4) is 0 Å². The van der Waals surface area contributed by atoms with Crippen LogP contribution in [0.3, 0.4) is 0 Å². The van der Waals surface area contributed by atoms with Gasteiger partial charge in [0.25, 0.3) is 5.91 Å². The van der Waals surface area contributed by atoms with Crippen LogP contribution >= 0.6 is 0 Å². The number of nitrogens with zero attached hydrogens (tertiary/aromatic N) is 4. The van der Waals surface area contributed by atoms with E-state index < -0.39 is 0 Å². The van der Waals surface area contributed by atoms with Crippen LogP contribution in [0.15, 0.2) is 42.7 Å². The van der Waals surface area contributed by atoms with Crippen LogP contribution < -0.4 is 10.6 Å². The molecule has 0 aliphatic heterocycles. The maximum Gasteiger partial charge on any atom is 0.276 e. The summed E-state index contributed by atoms with van der Waals surface area (Å²) in [5.41, 5.74) is 3.20. The van der Waals surface area contributed by atoms with E-state index in [9.17, 15) is 9.59 Å². The standard InChI is InChI=1S/C22H26N6O2/c1-15-7-3-4-10-17(15)13-28-14-18(12-23-28)24-22(30)19-11-20(27(2)26-19)25-21(29)16-8-5-6-9-16/h3-4,7,10-12,14,16H,5-6,8-9,13H2,1-2H3,(H,24,30)(H,25,29). The summed E-state index contributed by atoms with van der Waals surface area (Å²) in [6.07, 6.45) is 7.42. The van der Waals surface area contributed by atoms with Crippen molar-refractivity contribution in [3.05, 3.63) is 59.5 Å². The first kappa shape index (κ1) is 19.9. The number of amides is 2. The molecule has 1 saturated carbocycles. The number of carbonyl (C=O) groups excluding carboxylic acids is 2. The Labute approximate surface area is 175 Å². The summed E-state index contributed by atoms with van der Waals surface area (Å²) in [6.45, 7) is 2.69. The molecule has 30 heavy (non-hydrogen) atoms. The minimum atomic E-state index is -0.345. The van der Waals surface area contributed by atoms with E-state index >= 15 is 0 Å². The number of benzene rings is 1. The summed E-state index contributed by atoms with van der Waals surface area (Å²) >= 11 is 0. The van der Waals surface area contributed by atoms with E-state index in [2.05, 4.69) is 39.9 Å². The van der Waals surface area contributed by atoms with Crippen molar-refractivity contribution < 1.29 is 9.59 Å². The molecule has 156 valence electrons. The van der Waals surface area contributed by atoms with E-state index in [0.717, 1.165) is 25.7 Å². The van der Waals surface area contributed by atoms with Crippen LogP contribution in [0.2, 0.25) is 0 Å². The predicted molar refractivity (Wildman–Crippen MR) is 114 cm³/mol. The molecule has 2 N–H and O–H groups in total. The molecule has 0 bridgehead atoms. The third-order valence-electron chi connectivity index (χ3n) is 5.57. The zero-order chi connectivity index (χ0) is 21.1. The van der Waals surface area contributed by atoms with E-state index in [-0.39, 0.29) is 23.4 Å². The Morgan fingerprint density at radius 1 is 1.17 bits per heavy atom. The van der Waals surface area contributed by atoms with Gasteiger partial charge in [-0.25, -0.2) is 0 Å². The maximum absolute atomic E-state index is 12.6. The van der Waals surface area contributed by atoms with Gasteiger partial charge in [0.05, 0.1) is 18.4 Å². The first-order valence-corrected chi connectivity index (χ1v) is 10.2. The first-order chi connectivity index (χ1) is 14.5. The van der Waals surface area contributed by atoms with E-state index in [4.69, 9.17) is 0 Å². The summed E-state index contributed by atoms with van der Waals surface area (Å²) < 4.78 is 3.30. The Kier molecular flexibility index (Phi) is 5.65. The third-order valence-corrected chi connectivity index (χ3v) is 5.57. The number of aryl methyl sites for hydroxylation is 2. The third kappa shape index (κ3) is 4.42. The number of hydrogen-bond acceptors (Lipinski definition) is 4. The van der Waals surface area contributed by atoms with Crippen LogP contribution in [0.25, 0.3) is 0 Å². The monoisotopic (exact) mass is 406 g/mol. The summed E-state index contributed by atoms with van der Waals surface area (Å²) in [5, 5.41) is 14.3. The van der Waals surface area contributed by atoms with Crippen molar-refractivity contribution in [3.63, 3.8) is 0 Å². The molecule has 0 saturated heterocycles. The Balaban J connectivity index is 1.39. The molecule has 2 heterocycles. The zero-order valence-electron chi connectivity index (χ0n) is 17.3. The Morgan fingerprint density at radius 3 is 2.70 bits per heavy atom. The molecular weight excluding hydrogens is 380 g/mol. The van der Waals surface area contributed by atoms with Gasteiger partial charge in [0, 0.05) is 25.2 Å². The van der Waals surface area contributed by atoms with Crippen molar-refractivity contribution in [2.45, 2.75) is 39.2 Å². The molecular formula is C22H26N6O2. The number of nitrogens with one attached hydrogen (secondary N) is 2. The zero-order valence-corrected chi connectivity index (χ0v) is 17.3. The van der Waals surface area contributed by atoms with Crippen molar-refractivity contribution in [2.24, 2.45) is 13.0 Å². The molecule has 0 radical (unpaired) electrons. The summed E-state index contributed by atoms with van der Waals surface area (Å²) in [7, 11) is 1.71. The topological polar surface area (TPSA) is 93.8 Å². The lowest BCUT2D eigenvalue weighted by Crippen LogP contribution is -2.21. The second-order valence-electron chi connectivity index (χ2n) is 7.82. The van der Waals surface area contributed by atoms with Crippen LogP contribution in [0.5, 0.6) is 0 Å². The highest BCUT2D eigenvalue weighted by Crippen LogP contribution is 2.26. The average molecular weight is 406 g/mol. The van der Waals surface area contributed by atoms with E-state index in [1.165, 1.54) is 15.8 Å². The molecule has 2 amide bonds. The average Bonchev–Trinajstić information content (AvgIpc) is 3.46. The fourth-order valence-corrected chi connectivity index (χ4v) is 3.78. The van der Waals surface area contributed by atoms with Gasteiger partial charge in [-0.2, -0.15) is 10.2 Å². The number of anilines is 2. The number of rotatable bonds is 6. The Bertz CT molecular complexity index is 1060. The van der Waals surface area contributed by atoms with E-state index in [1.807, 2.05) is 12.1 Å². The van der Waals surface area contributed by atoms with Crippen molar-refractivity contribution in [2.75, 3.05) is 10.6 Å². The lowest BCUT2D eigenvalue weighted by atomic mass is 10.1. The smallest absolute Gasteiger partial charge is 0.276 e. The van der Waals surface area contributed by atoms with E-state index in [1.54, 1.807) is 30.2 Å². The molecule has 0 atom stereocenters. The van der Waals surface area contributed by atoms with Gasteiger partial charge in [-0.05, 0) is 30.9 Å². The fraction of sp³-hybridized carbons (Fsp3) is 0.364. The highest BCUT2D eigenvalue weighted by Gasteiger charge is 2.24. The highest BCUT2D eigenvalue weighted by molar-refractivity contribution is 6.03. The molecule has 2 aromatic heterocycles. The summed E-state index contributed by atoms with van der Waals surface area (Å²) in [6, 6.07) is 9.72. The maximum atomic E-state index is 12.6. The highest BCUT2D eigenvalue weighted by atomic mass is 16.2. The number of hydrogen-bond donors (Lipinski definition) is 2. The predicted octanol–water partition coefficient (Wildman–Crippen LogP) is 3.35. The minimum Gasteiger partial charge on any atom is -0.318 e. The van der Waals surface area contributed by atoms with Gasteiger partial charge >= 0.3 is 0 Å². The van der Waals surface area contributed by atoms with Gasteiger partial charge < -0.3 is 10.6 Å². The minimum absolute atomic E-state index is 0.0000556. The van der Waals surface area contributed by atoms with Crippen LogP contribution in [0.4, 0.5) is 11.5 Å². The molecule has 8 nitrogen and oxygen atoms in total. The number of carbonyl (C=O) groups is 2. The van der Waals surface area contributed by atoms with Gasteiger partial charge in [0.2, 0.25) is 5.91 Å². The number of aromatic nitrogens is 4. The molecule has 1 aromatic carbocycles. The van der Waals surface area contributed by atoms with Gasteiger partial charge in [-0.1, -0.05) is 37.1 Å². The summed E-state index contributed by atoms with van der Waals surface area (Å²) in [5.74, 6) is 0.228. The van der Waals surface area contributed by atoms with Gasteiger partial charge in [-0.15, -0.1) is 0 Å². The largest absolute Gasteiger partial charge is 0.318 e. The second kappa shape index (κ2) is 8.52. The molecule has 4 rings (SSSR count). The molecule has 1 fully saturated rings. The lowest BCUT2D eigenvalue weighted by molar-refractivity contribution is -0.119. The Hall–Kier alpha value is -3.42. The van der Waals surface area contributed by atoms with Crippen molar-refractivity contribution >= 4 is 23.3 Å². The summed E-state index contributed by atoms with van der Waals surface area (Å²) in [4.78, 5) is 25.0. The molecule has 8 heteroatoms. The van der Waals surface area contributed by atoms with E-state index in [0.29, 0.717) is 18.1 Å². The van der Waals surface area contributed by atoms with Crippen LogP contribution in [0.1, 0.15) is 47.3 Å². The lowest BCUT2D eigenvalue weighted by Gasteiger charge is -2.09. The van der Waals surface area contributed by atoms with Crippen molar-refractivity contribution in [1.82, 2.24) is 19.6 Å². The second-order valence-corrected chi connectivity index (χ2v) is 7.82. The quantitative estimate of drug-likeness (QED) is 0.656. The first-order valence-electron chi connectivity index (χ1n) is 10.2. The molecule has 1 aliphatic carbocycles. The molecule has 0 spiro atoms. The fourth-order valence-electron chi connectivity index (χ4n) is 3.78. The Morgan fingerprint density at radius 2 is 1.93 bits per heavy atom. The van der Waals surface area contributed by atoms with Crippen molar-refractivity contribution in [1.29, 1.82) is 0 Å². The van der Waals surface area contributed by atoms with Crippen LogP contribution in [-0.4, -0.2) is 31.4 Å². The van der Waals surface area contributed by atoms with Gasteiger partial charge in [-0.3, -0.25) is 19.0 Å². The molecule has 0 unspecified atom stereocenters.